The van der Waals surface area contributed by atoms with E-state index in [9.17, 15) is 8.78 Å². The molecule has 0 spiro atoms. The van der Waals surface area contributed by atoms with Crippen LogP contribution in [0.1, 0.15) is 0 Å². The number of hydrogen-bond donors (Lipinski definition) is 3. The monoisotopic (exact) mass is 286 g/mol. The third-order valence-electron chi connectivity index (χ3n) is 2.21. The van der Waals surface area contributed by atoms with Crippen LogP contribution >= 0.6 is 0 Å². The number of hydrogen-bond acceptors (Lipinski definition) is 8. The van der Waals surface area contributed by atoms with E-state index in [1.165, 1.54) is 17.3 Å². The van der Waals surface area contributed by atoms with Gasteiger partial charge in [-0.05, 0) is 0 Å². The summed E-state index contributed by atoms with van der Waals surface area (Å²) in [6.07, 6.45) is 2.65. The minimum atomic E-state index is -3.26. The minimum absolute atomic E-state index is 0.0667. The number of alkyl halides is 2. The summed E-state index contributed by atoms with van der Waals surface area (Å²) < 4.78 is 27.2. The first-order valence-corrected chi connectivity index (χ1v) is 5.55. The molecule has 0 atom stereocenters. The molecule has 0 fully saturated rings. The van der Waals surface area contributed by atoms with Gasteiger partial charge in [0.05, 0.1) is 6.54 Å². The van der Waals surface area contributed by atoms with E-state index < -0.39 is 19.1 Å². The molecule has 11 heteroatoms. The average Bonchev–Trinajstić information content (AvgIpc) is 2.99. The molecule has 108 valence electrons. The van der Waals surface area contributed by atoms with Crippen molar-refractivity contribution in [2.24, 2.45) is 0 Å². The summed E-state index contributed by atoms with van der Waals surface area (Å²) in [6.45, 7) is -2.06. The van der Waals surface area contributed by atoms with Gasteiger partial charge in [-0.1, -0.05) is 0 Å². The van der Waals surface area contributed by atoms with Crippen molar-refractivity contribution in [1.82, 2.24) is 29.7 Å². The molecule has 9 nitrogen and oxygen atoms in total. The molecule has 0 aliphatic heterocycles. The Bertz CT molecular complexity index is 561. The van der Waals surface area contributed by atoms with Crippen LogP contribution in [0.4, 0.5) is 20.7 Å². The lowest BCUT2D eigenvalue weighted by Gasteiger charge is -2.14. The quantitative estimate of drug-likeness (QED) is 0.653. The normalized spacial score (nSPS) is 11.4. The predicted octanol–water partition coefficient (Wildman–Crippen LogP) is -0.467. The number of nitrogens with one attached hydrogen (secondary N) is 2. The summed E-state index contributed by atoms with van der Waals surface area (Å²) in [4.78, 5) is 15.6. The Balaban J connectivity index is 2.23. The van der Waals surface area contributed by atoms with E-state index in [0.29, 0.717) is 0 Å². The molecular weight excluding hydrogens is 274 g/mol. The highest BCUT2D eigenvalue weighted by molar-refractivity contribution is 5.37. The first kappa shape index (κ1) is 14.0. The minimum Gasteiger partial charge on any atom is -0.390 e. The van der Waals surface area contributed by atoms with Crippen LogP contribution in [0.2, 0.25) is 0 Å². The number of anilines is 2. The largest absolute Gasteiger partial charge is 0.390 e. The van der Waals surface area contributed by atoms with Gasteiger partial charge in [-0.2, -0.15) is 24.7 Å². The van der Waals surface area contributed by atoms with Crippen molar-refractivity contribution in [1.29, 1.82) is 0 Å². The van der Waals surface area contributed by atoms with E-state index in [0.717, 1.165) is 0 Å². The Morgan fingerprint density at radius 3 is 2.65 bits per heavy atom. The van der Waals surface area contributed by atoms with Gasteiger partial charge in [-0.15, -0.1) is 0 Å². The van der Waals surface area contributed by atoms with Gasteiger partial charge in [0.15, 0.2) is 0 Å². The second-order valence-corrected chi connectivity index (χ2v) is 3.74. The molecule has 2 aromatic heterocycles. The Morgan fingerprint density at radius 1 is 1.30 bits per heavy atom. The topological polar surface area (TPSA) is 114 Å². The first-order chi connectivity index (χ1) is 9.54. The molecule has 0 aliphatic rings. The fraction of sp³-hybridized carbons (Fsp3) is 0.444. The lowest BCUT2D eigenvalue weighted by molar-refractivity contribution is -0.0374. The van der Waals surface area contributed by atoms with Crippen molar-refractivity contribution in [2.45, 2.75) is 5.92 Å². The van der Waals surface area contributed by atoms with E-state index in [-0.39, 0.29) is 17.8 Å². The molecule has 0 aromatic carbocycles. The predicted molar refractivity (Wildman–Crippen MR) is 64.8 cm³/mol. The fourth-order valence-corrected chi connectivity index (χ4v) is 1.23. The first-order valence-electron chi connectivity index (χ1n) is 5.55. The molecule has 0 radical (unpaired) electrons. The van der Waals surface area contributed by atoms with Gasteiger partial charge < -0.3 is 15.7 Å². The molecule has 0 bridgehead atoms. The molecule has 2 aromatic rings. The number of halogens is 2. The molecule has 2 heterocycles. The van der Waals surface area contributed by atoms with Crippen molar-refractivity contribution in [3.8, 4) is 5.95 Å². The summed E-state index contributed by atoms with van der Waals surface area (Å²) in [5.74, 6) is -3.03. The third kappa shape index (κ3) is 3.32. The number of rotatable bonds is 6. The van der Waals surface area contributed by atoms with Crippen molar-refractivity contribution in [3.05, 3.63) is 12.7 Å². The zero-order chi connectivity index (χ0) is 14.6. The highest BCUT2D eigenvalue weighted by atomic mass is 19.3. The fourth-order valence-electron chi connectivity index (χ4n) is 1.23. The average molecular weight is 286 g/mol. The number of aliphatic hydroxyl groups excluding tert-OH is 1. The van der Waals surface area contributed by atoms with E-state index in [1.807, 2.05) is 0 Å². The maximum absolute atomic E-state index is 13.0. The second-order valence-electron chi connectivity index (χ2n) is 3.74. The zero-order valence-corrected chi connectivity index (χ0v) is 10.5. The summed E-state index contributed by atoms with van der Waals surface area (Å²) >= 11 is 0. The molecular formula is C9H12F2N8O. The Kier molecular flexibility index (Phi) is 3.98. The van der Waals surface area contributed by atoms with Gasteiger partial charge in [0, 0.05) is 7.05 Å². The van der Waals surface area contributed by atoms with Crippen LogP contribution < -0.4 is 10.6 Å². The number of nitrogens with zero attached hydrogens (tertiary/aromatic N) is 6. The number of aliphatic hydroxyl groups is 1. The van der Waals surface area contributed by atoms with Gasteiger partial charge >= 0.3 is 0 Å². The lowest BCUT2D eigenvalue weighted by atomic mass is 10.3. The van der Waals surface area contributed by atoms with E-state index >= 15 is 0 Å². The second kappa shape index (κ2) is 5.69. The molecule has 0 saturated heterocycles. The molecule has 20 heavy (non-hydrogen) atoms. The summed E-state index contributed by atoms with van der Waals surface area (Å²) in [6, 6.07) is 0. The summed E-state index contributed by atoms with van der Waals surface area (Å²) in [5, 5.41) is 17.4. The SMILES string of the molecule is CNc1nc(NCC(F)(F)CO)nc(-n2cncn2)n1. The van der Waals surface area contributed by atoms with Crippen LogP contribution in [0.25, 0.3) is 5.95 Å². The molecule has 0 amide bonds. The Hall–Kier alpha value is -2.43. The van der Waals surface area contributed by atoms with Crippen LogP contribution in [0.5, 0.6) is 0 Å². The van der Waals surface area contributed by atoms with Crippen LogP contribution in [0.15, 0.2) is 12.7 Å². The molecule has 2 rings (SSSR count). The van der Waals surface area contributed by atoms with Gasteiger partial charge in [0.1, 0.15) is 19.3 Å². The molecule has 3 N–H and O–H groups in total. The van der Waals surface area contributed by atoms with Crippen molar-refractivity contribution < 1.29 is 13.9 Å². The van der Waals surface area contributed by atoms with Gasteiger partial charge in [-0.25, -0.2) is 13.8 Å². The van der Waals surface area contributed by atoms with Gasteiger partial charge in [-0.3, -0.25) is 0 Å². The van der Waals surface area contributed by atoms with E-state index in [4.69, 9.17) is 5.11 Å². The van der Waals surface area contributed by atoms with Gasteiger partial charge in [0.2, 0.25) is 11.9 Å². The highest BCUT2D eigenvalue weighted by Crippen LogP contribution is 2.14. The van der Waals surface area contributed by atoms with Crippen LogP contribution in [0.3, 0.4) is 0 Å². The van der Waals surface area contributed by atoms with E-state index in [2.05, 4.69) is 35.7 Å². The lowest BCUT2D eigenvalue weighted by Crippen LogP contribution is -2.31. The highest BCUT2D eigenvalue weighted by Gasteiger charge is 2.27. The van der Waals surface area contributed by atoms with Crippen LogP contribution in [-0.2, 0) is 0 Å². The number of aromatic nitrogens is 6. The summed E-state index contributed by atoms with van der Waals surface area (Å²) in [5.41, 5.74) is 0. The third-order valence-corrected chi connectivity index (χ3v) is 2.21. The molecule has 0 aliphatic carbocycles. The van der Waals surface area contributed by atoms with Crippen LogP contribution in [-0.4, -0.2) is 60.9 Å². The summed E-state index contributed by atoms with van der Waals surface area (Å²) in [7, 11) is 1.58. The molecule has 0 saturated carbocycles. The standard InChI is InChI=1S/C9H12F2N8O/c1-12-6-16-7(14-2-9(10,11)3-20)18-8(17-6)19-5-13-4-15-19/h4-5,20H,2-3H2,1H3,(H2,12,14,16,17,18). The van der Waals surface area contributed by atoms with Gasteiger partial charge in [0.25, 0.3) is 11.9 Å². The smallest absolute Gasteiger partial charge is 0.287 e. The van der Waals surface area contributed by atoms with Crippen LogP contribution in [0, 0.1) is 0 Å². The maximum Gasteiger partial charge on any atom is 0.287 e. The zero-order valence-electron chi connectivity index (χ0n) is 10.5. The maximum atomic E-state index is 13.0. The molecule has 0 unspecified atom stereocenters. The van der Waals surface area contributed by atoms with E-state index in [1.54, 1.807) is 7.05 Å². The van der Waals surface area contributed by atoms with Crippen molar-refractivity contribution in [3.63, 3.8) is 0 Å². The Morgan fingerprint density at radius 2 is 2.05 bits per heavy atom. The van der Waals surface area contributed by atoms with Crippen molar-refractivity contribution >= 4 is 11.9 Å². The van der Waals surface area contributed by atoms with Crippen molar-refractivity contribution in [2.75, 3.05) is 30.8 Å². The Labute approximate surface area is 112 Å².